The number of likely N-dealkylation sites (tertiary alicyclic amines) is 1. The average molecular weight is 407 g/mol. The molecule has 1 fully saturated rings. The van der Waals surface area contributed by atoms with Gasteiger partial charge in [-0.25, -0.2) is 0 Å². The van der Waals surface area contributed by atoms with E-state index in [9.17, 15) is 9.59 Å². The van der Waals surface area contributed by atoms with Gasteiger partial charge in [0.15, 0.2) is 0 Å². The van der Waals surface area contributed by atoms with E-state index in [1.807, 2.05) is 24.3 Å². The molecule has 0 spiro atoms. The highest BCUT2D eigenvalue weighted by Gasteiger charge is 2.25. The second-order valence-corrected chi connectivity index (χ2v) is 6.99. The number of halogens is 1. The third kappa shape index (κ3) is 4.45. The van der Waals surface area contributed by atoms with Crippen molar-refractivity contribution in [2.75, 3.05) is 13.1 Å². The molecule has 0 unspecified atom stereocenters. The Labute approximate surface area is 153 Å². The van der Waals surface area contributed by atoms with Crippen LogP contribution in [0.4, 0.5) is 0 Å². The molecule has 0 saturated carbocycles. The third-order valence-corrected chi connectivity index (χ3v) is 4.90. The SMILES string of the molecule is NC(=O)C1CCN(C(=O)CCc2nc(-c3ccc(Br)cc3)no2)CC1. The van der Waals surface area contributed by atoms with Gasteiger partial charge in [0.25, 0.3) is 0 Å². The molecule has 0 bridgehead atoms. The molecule has 2 N–H and O–H groups in total. The first-order valence-corrected chi connectivity index (χ1v) is 8.98. The van der Waals surface area contributed by atoms with Crippen molar-refractivity contribution in [3.63, 3.8) is 0 Å². The highest BCUT2D eigenvalue weighted by molar-refractivity contribution is 9.10. The summed E-state index contributed by atoms with van der Waals surface area (Å²) in [4.78, 5) is 29.6. The fourth-order valence-corrected chi connectivity index (χ4v) is 3.12. The van der Waals surface area contributed by atoms with Crippen molar-refractivity contribution >= 4 is 27.7 Å². The molecule has 1 aromatic carbocycles. The smallest absolute Gasteiger partial charge is 0.227 e. The third-order valence-electron chi connectivity index (χ3n) is 4.37. The lowest BCUT2D eigenvalue weighted by molar-refractivity contribution is -0.134. The van der Waals surface area contributed by atoms with Crippen LogP contribution in [0.25, 0.3) is 11.4 Å². The van der Waals surface area contributed by atoms with Crippen LogP contribution in [-0.2, 0) is 16.0 Å². The van der Waals surface area contributed by atoms with Crippen molar-refractivity contribution in [1.82, 2.24) is 15.0 Å². The first-order valence-electron chi connectivity index (χ1n) is 8.18. The minimum Gasteiger partial charge on any atom is -0.369 e. The Bertz CT molecular complexity index is 752. The lowest BCUT2D eigenvalue weighted by Crippen LogP contribution is -2.41. The number of aromatic nitrogens is 2. The largest absolute Gasteiger partial charge is 0.369 e. The van der Waals surface area contributed by atoms with Gasteiger partial charge in [0.1, 0.15) is 0 Å². The fourth-order valence-electron chi connectivity index (χ4n) is 2.86. The van der Waals surface area contributed by atoms with Gasteiger partial charge in [-0.05, 0) is 37.1 Å². The molecule has 0 aliphatic carbocycles. The molecular weight excluding hydrogens is 388 g/mol. The lowest BCUT2D eigenvalue weighted by atomic mass is 9.96. The van der Waals surface area contributed by atoms with E-state index >= 15 is 0 Å². The molecule has 1 saturated heterocycles. The maximum Gasteiger partial charge on any atom is 0.227 e. The molecule has 2 heterocycles. The van der Waals surface area contributed by atoms with Crippen LogP contribution in [-0.4, -0.2) is 39.9 Å². The minimum atomic E-state index is -0.279. The van der Waals surface area contributed by atoms with Crippen LogP contribution in [0.1, 0.15) is 25.2 Å². The number of hydrogen-bond donors (Lipinski definition) is 1. The van der Waals surface area contributed by atoms with Gasteiger partial charge < -0.3 is 15.2 Å². The average Bonchev–Trinajstić information content (AvgIpc) is 3.09. The van der Waals surface area contributed by atoms with Crippen molar-refractivity contribution < 1.29 is 14.1 Å². The molecule has 1 aliphatic rings. The van der Waals surface area contributed by atoms with Crippen LogP contribution in [0.15, 0.2) is 33.3 Å². The Morgan fingerprint density at radius 3 is 2.56 bits per heavy atom. The van der Waals surface area contributed by atoms with Crippen LogP contribution < -0.4 is 5.73 Å². The Balaban J connectivity index is 1.51. The van der Waals surface area contributed by atoms with Gasteiger partial charge in [0.05, 0.1) is 0 Å². The van der Waals surface area contributed by atoms with Gasteiger partial charge in [-0.1, -0.05) is 21.1 Å². The van der Waals surface area contributed by atoms with E-state index in [-0.39, 0.29) is 17.7 Å². The quantitative estimate of drug-likeness (QED) is 0.819. The topological polar surface area (TPSA) is 102 Å². The molecule has 1 aliphatic heterocycles. The summed E-state index contributed by atoms with van der Waals surface area (Å²) in [6.07, 6.45) is 1.98. The van der Waals surface area contributed by atoms with Crippen LogP contribution in [0.3, 0.4) is 0 Å². The molecule has 1 aromatic heterocycles. The van der Waals surface area contributed by atoms with E-state index in [1.54, 1.807) is 4.90 Å². The van der Waals surface area contributed by atoms with Gasteiger partial charge in [-0.3, -0.25) is 9.59 Å². The summed E-state index contributed by atoms with van der Waals surface area (Å²) >= 11 is 3.38. The molecule has 0 radical (unpaired) electrons. The summed E-state index contributed by atoms with van der Waals surface area (Å²) in [6, 6.07) is 7.61. The molecule has 2 amide bonds. The normalized spacial score (nSPS) is 15.3. The van der Waals surface area contributed by atoms with Gasteiger partial charge in [0.2, 0.25) is 23.5 Å². The first-order chi connectivity index (χ1) is 12.0. The maximum absolute atomic E-state index is 12.3. The van der Waals surface area contributed by atoms with Crippen LogP contribution in [0, 0.1) is 5.92 Å². The Kier molecular flexibility index (Phi) is 5.47. The molecule has 3 rings (SSSR count). The zero-order valence-corrected chi connectivity index (χ0v) is 15.2. The zero-order valence-electron chi connectivity index (χ0n) is 13.7. The number of hydrogen-bond acceptors (Lipinski definition) is 5. The van der Waals surface area contributed by atoms with Crippen molar-refractivity contribution in [2.24, 2.45) is 11.7 Å². The number of nitrogens with zero attached hydrogens (tertiary/aromatic N) is 3. The number of carbonyl (C=O) groups excluding carboxylic acids is 2. The second-order valence-electron chi connectivity index (χ2n) is 6.08. The number of amides is 2. The number of piperidine rings is 1. The number of nitrogens with two attached hydrogens (primary N) is 1. The zero-order chi connectivity index (χ0) is 17.8. The number of aryl methyl sites for hydroxylation is 1. The number of carbonyl (C=O) groups is 2. The minimum absolute atomic E-state index is 0.0336. The molecule has 132 valence electrons. The second kappa shape index (κ2) is 7.77. The summed E-state index contributed by atoms with van der Waals surface area (Å²) in [5.41, 5.74) is 6.17. The number of primary amides is 1. The summed E-state index contributed by atoms with van der Waals surface area (Å²) in [7, 11) is 0. The monoisotopic (exact) mass is 406 g/mol. The molecular formula is C17H19BrN4O3. The molecule has 25 heavy (non-hydrogen) atoms. The van der Waals surface area contributed by atoms with Crippen LogP contribution >= 0.6 is 15.9 Å². The highest BCUT2D eigenvalue weighted by Crippen LogP contribution is 2.20. The summed E-state index contributed by atoms with van der Waals surface area (Å²) in [5.74, 6) is 0.591. The molecule has 2 aromatic rings. The van der Waals surface area contributed by atoms with E-state index in [4.69, 9.17) is 10.3 Å². The standard InChI is InChI=1S/C17H19BrN4O3/c18-13-3-1-12(2-4-13)17-20-14(25-21-17)5-6-15(23)22-9-7-11(8-10-22)16(19)24/h1-4,11H,5-10H2,(H2,19,24). The summed E-state index contributed by atoms with van der Waals surface area (Å²) in [5, 5.41) is 3.96. The molecule has 0 atom stereocenters. The summed E-state index contributed by atoms with van der Waals surface area (Å²) < 4.78 is 6.21. The fraction of sp³-hybridized carbons (Fsp3) is 0.412. The number of benzene rings is 1. The Hall–Kier alpha value is -2.22. The van der Waals surface area contributed by atoms with Gasteiger partial charge in [-0.2, -0.15) is 4.98 Å². The van der Waals surface area contributed by atoms with E-state index in [1.165, 1.54) is 0 Å². The van der Waals surface area contributed by atoms with E-state index in [0.717, 1.165) is 10.0 Å². The Morgan fingerprint density at radius 2 is 1.92 bits per heavy atom. The van der Waals surface area contributed by atoms with Crippen molar-refractivity contribution in [3.8, 4) is 11.4 Å². The maximum atomic E-state index is 12.3. The van der Waals surface area contributed by atoms with Crippen molar-refractivity contribution in [3.05, 3.63) is 34.6 Å². The summed E-state index contributed by atoms with van der Waals surface area (Å²) in [6.45, 7) is 1.14. The predicted molar refractivity (Wildman–Crippen MR) is 94.3 cm³/mol. The van der Waals surface area contributed by atoms with E-state index in [2.05, 4.69) is 26.1 Å². The van der Waals surface area contributed by atoms with Gasteiger partial charge in [-0.15, -0.1) is 0 Å². The predicted octanol–water partition coefficient (Wildman–Crippen LogP) is 2.16. The van der Waals surface area contributed by atoms with E-state index in [0.29, 0.717) is 50.5 Å². The van der Waals surface area contributed by atoms with Crippen molar-refractivity contribution in [2.45, 2.75) is 25.7 Å². The number of rotatable bonds is 5. The highest BCUT2D eigenvalue weighted by atomic mass is 79.9. The molecule has 8 heteroatoms. The molecule has 7 nitrogen and oxygen atoms in total. The van der Waals surface area contributed by atoms with Crippen LogP contribution in [0.2, 0.25) is 0 Å². The van der Waals surface area contributed by atoms with Crippen molar-refractivity contribution in [1.29, 1.82) is 0 Å². The van der Waals surface area contributed by atoms with Crippen LogP contribution in [0.5, 0.6) is 0 Å². The Morgan fingerprint density at radius 1 is 1.24 bits per heavy atom. The first kappa shape index (κ1) is 17.6. The lowest BCUT2D eigenvalue weighted by Gasteiger charge is -2.30. The van der Waals surface area contributed by atoms with Gasteiger partial charge in [0, 0.05) is 41.9 Å². The van der Waals surface area contributed by atoms with E-state index < -0.39 is 0 Å². The van der Waals surface area contributed by atoms with Gasteiger partial charge >= 0.3 is 0 Å².